The average molecular weight is 447 g/mol. The van der Waals surface area contributed by atoms with Crippen molar-refractivity contribution in [2.45, 2.75) is 5.92 Å². The summed E-state index contributed by atoms with van der Waals surface area (Å²) in [6, 6.07) is 25.4. The summed E-state index contributed by atoms with van der Waals surface area (Å²) in [7, 11) is 3.02. The summed E-state index contributed by atoms with van der Waals surface area (Å²) in [6.45, 7) is -0.646. The molecule has 0 spiro atoms. The highest BCUT2D eigenvalue weighted by atomic mass is 16.5. The van der Waals surface area contributed by atoms with Crippen LogP contribution < -0.4 is 10.1 Å². The lowest BCUT2D eigenvalue weighted by Crippen LogP contribution is -2.37. The lowest BCUT2D eigenvalue weighted by molar-refractivity contribution is -0.152. The van der Waals surface area contributed by atoms with Gasteiger partial charge < -0.3 is 19.7 Å². The van der Waals surface area contributed by atoms with E-state index in [1.54, 1.807) is 24.3 Å². The van der Waals surface area contributed by atoms with Gasteiger partial charge in [0.05, 0.1) is 13.7 Å². The monoisotopic (exact) mass is 446 g/mol. The third-order valence-electron chi connectivity index (χ3n) is 5.00. The molecule has 0 atom stereocenters. The number of esters is 1. The highest BCUT2D eigenvalue weighted by molar-refractivity contribution is 5.95. The molecule has 1 N–H and O–H groups in total. The Hall–Kier alpha value is -4.13. The van der Waals surface area contributed by atoms with Crippen LogP contribution in [0.25, 0.3) is 0 Å². The van der Waals surface area contributed by atoms with Crippen molar-refractivity contribution in [3.05, 3.63) is 96.1 Å². The number of carbonyl (C=O) groups excluding carboxylic acids is 3. The number of methoxy groups -OCH3 is 1. The smallest absolute Gasteiger partial charge is 0.318 e. The van der Waals surface area contributed by atoms with Crippen LogP contribution in [0, 0.1) is 0 Å². The quantitative estimate of drug-likeness (QED) is 0.509. The maximum Gasteiger partial charge on any atom is 0.318 e. The van der Waals surface area contributed by atoms with Gasteiger partial charge in [0.1, 0.15) is 11.7 Å². The van der Waals surface area contributed by atoms with Gasteiger partial charge in [-0.05, 0) is 23.3 Å². The fourth-order valence-electron chi connectivity index (χ4n) is 3.29. The van der Waals surface area contributed by atoms with Gasteiger partial charge in [0, 0.05) is 18.8 Å². The summed E-state index contributed by atoms with van der Waals surface area (Å²) in [5.74, 6) is -1.44. The maximum atomic E-state index is 12.9. The molecule has 170 valence electrons. The van der Waals surface area contributed by atoms with Crippen molar-refractivity contribution in [2.75, 3.05) is 32.6 Å². The molecular weight excluding hydrogens is 420 g/mol. The molecule has 0 aliphatic heterocycles. The number of amides is 2. The fourth-order valence-corrected chi connectivity index (χ4v) is 3.29. The van der Waals surface area contributed by atoms with Crippen LogP contribution >= 0.6 is 0 Å². The van der Waals surface area contributed by atoms with Crippen LogP contribution in [0.3, 0.4) is 0 Å². The number of ether oxygens (including phenoxy) is 2. The standard InChI is InChI=1S/C26H26N2O5/c1-28(17-23(29)27-21-14-9-15-22(16-21)32-2)24(30)18-33-26(31)25(19-10-5-3-6-11-19)20-12-7-4-8-13-20/h3-16,25H,17-18H2,1-2H3,(H,27,29). The number of nitrogens with zero attached hydrogens (tertiary/aromatic N) is 1. The number of hydrogen-bond donors (Lipinski definition) is 1. The Morgan fingerprint density at radius 2 is 1.48 bits per heavy atom. The number of anilines is 1. The molecule has 0 aromatic heterocycles. The minimum absolute atomic E-state index is 0.186. The summed E-state index contributed by atoms with van der Waals surface area (Å²) in [5.41, 5.74) is 2.10. The van der Waals surface area contributed by atoms with E-state index in [1.807, 2.05) is 60.7 Å². The average Bonchev–Trinajstić information content (AvgIpc) is 2.84. The molecular formula is C26H26N2O5. The molecule has 0 unspecified atom stereocenters. The van der Waals surface area contributed by atoms with Crippen LogP contribution in [0.5, 0.6) is 5.75 Å². The lowest BCUT2D eigenvalue weighted by Gasteiger charge is -2.19. The molecule has 3 aromatic carbocycles. The second kappa shape index (κ2) is 11.5. The first kappa shape index (κ1) is 23.5. The second-order valence-corrected chi connectivity index (χ2v) is 7.39. The number of carbonyl (C=O) groups is 3. The largest absolute Gasteiger partial charge is 0.497 e. The summed E-state index contributed by atoms with van der Waals surface area (Å²) in [4.78, 5) is 38.9. The molecule has 33 heavy (non-hydrogen) atoms. The topological polar surface area (TPSA) is 84.9 Å². The predicted molar refractivity (Wildman–Crippen MR) is 125 cm³/mol. The number of hydrogen-bond acceptors (Lipinski definition) is 5. The molecule has 0 saturated heterocycles. The molecule has 7 nitrogen and oxygen atoms in total. The van der Waals surface area contributed by atoms with Crippen LogP contribution in [-0.2, 0) is 19.1 Å². The van der Waals surface area contributed by atoms with Crippen molar-refractivity contribution in [1.29, 1.82) is 0 Å². The van der Waals surface area contributed by atoms with Gasteiger partial charge in [0.25, 0.3) is 5.91 Å². The summed E-state index contributed by atoms with van der Waals surface area (Å²) in [5, 5.41) is 2.71. The number of nitrogens with one attached hydrogen (secondary N) is 1. The molecule has 0 radical (unpaired) electrons. The molecule has 0 aliphatic carbocycles. The normalized spacial score (nSPS) is 10.4. The van der Waals surface area contributed by atoms with Crippen molar-refractivity contribution < 1.29 is 23.9 Å². The van der Waals surface area contributed by atoms with Gasteiger partial charge in [0.15, 0.2) is 6.61 Å². The highest BCUT2D eigenvalue weighted by Crippen LogP contribution is 2.26. The minimum Gasteiger partial charge on any atom is -0.497 e. The zero-order valence-corrected chi connectivity index (χ0v) is 18.6. The predicted octanol–water partition coefficient (Wildman–Crippen LogP) is 3.47. The molecule has 2 amide bonds. The first-order valence-corrected chi connectivity index (χ1v) is 10.4. The molecule has 0 fully saturated rings. The highest BCUT2D eigenvalue weighted by Gasteiger charge is 2.25. The van der Waals surface area contributed by atoms with E-state index < -0.39 is 24.4 Å². The first-order valence-electron chi connectivity index (χ1n) is 10.4. The Kier molecular flexibility index (Phi) is 8.18. The zero-order chi connectivity index (χ0) is 23.6. The lowest BCUT2D eigenvalue weighted by atomic mass is 9.91. The third-order valence-corrected chi connectivity index (χ3v) is 5.00. The van der Waals surface area contributed by atoms with Crippen molar-refractivity contribution in [3.8, 4) is 5.75 Å². The Morgan fingerprint density at radius 1 is 0.879 bits per heavy atom. The van der Waals surface area contributed by atoms with E-state index in [0.717, 1.165) is 11.1 Å². The number of likely N-dealkylation sites (N-methyl/N-ethyl adjacent to an activating group) is 1. The van der Waals surface area contributed by atoms with Gasteiger partial charge in [-0.25, -0.2) is 0 Å². The molecule has 3 aromatic rings. The van der Waals surface area contributed by atoms with Crippen molar-refractivity contribution in [2.24, 2.45) is 0 Å². The van der Waals surface area contributed by atoms with Crippen molar-refractivity contribution in [3.63, 3.8) is 0 Å². The summed E-state index contributed by atoms with van der Waals surface area (Å²) in [6.07, 6.45) is 0. The number of rotatable bonds is 9. The first-order chi connectivity index (χ1) is 16.0. The van der Waals surface area contributed by atoms with E-state index in [0.29, 0.717) is 11.4 Å². The van der Waals surface area contributed by atoms with Gasteiger partial charge >= 0.3 is 5.97 Å². The van der Waals surface area contributed by atoms with Crippen LogP contribution in [-0.4, -0.2) is 50.0 Å². The Labute approximate surface area is 192 Å². The summed E-state index contributed by atoms with van der Waals surface area (Å²) >= 11 is 0. The van der Waals surface area contributed by atoms with E-state index >= 15 is 0 Å². The van der Waals surface area contributed by atoms with E-state index in [2.05, 4.69) is 5.32 Å². The third kappa shape index (κ3) is 6.67. The van der Waals surface area contributed by atoms with E-state index in [1.165, 1.54) is 19.1 Å². The Balaban J connectivity index is 1.57. The minimum atomic E-state index is -0.651. The fraction of sp³-hybridized carbons (Fsp3) is 0.192. The molecule has 7 heteroatoms. The van der Waals surface area contributed by atoms with Crippen LogP contribution in [0.15, 0.2) is 84.9 Å². The SMILES string of the molecule is COc1cccc(NC(=O)CN(C)C(=O)COC(=O)C(c2ccccc2)c2ccccc2)c1. The molecule has 3 rings (SSSR count). The Morgan fingerprint density at radius 3 is 2.06 bits per heavy atom. The van der Waals surface area contributed by atoms with Gasteiger partial charge in [-0.15, -0.1) is 0 Å². The van der Waals surface area contributed by atoms with Crippen molar-refractivity contribution in [1.82, 2.24) is 4.90 Å². The van der Waals surface area contributed by atoms with Crippen LogP contribution in [0.2, 0.25) is 0 Å². The number of benzene rings is 3. The summed E-state index contributed by atoms with van der Waals surface area (Å²) < 4.78 is 10.5. The van der Waals surface area contributed by atoms with Gasteiger partial charge in [0.2, 0.25) is 5.91 Å². The molecule has 0 aliphatic rings. The second-order valence-electron chi connectivity index (χ2n) is 7.39. The molecule has 0 saturated carbocycles. The van der Waals surface area contributed by atoms with Crippen LogP contribution in [0.1, 0.15) is 17.0 Å². The zero-order valence-electron chi connectivity index (χ0n) is 18.6. The van der Waals surface area contributed by atoms with Crippen LogP contribution in [0.4, 0.5) is 5.69 Å². The van der Waals surface area contributed by atoms with E-state index in [-0.39, 0.29) is 12.5 Å². The van der Waals surface area contributed by atoms with E-state index in [9.17, 15) is 14.4 Å². The van der Waals surface area contributed by atoms with Gasteiger partial charge in [-0.3, -0.25) is 14.4 Å². The van der Waals surface area contributed by atoms with Gasteiger partial charge in [-0.1, -0.05) is 66.7 Å². The van der Waals surface area contributed by atoms with Gasteiger partial charge in [-0.2, -0.15) is 0 Å². The maximum absolute atomic E-state index is 12.9. The molecule has 0 bridgehead atoms. The van der Waals surface area contributed by atoms with E-state index in [4.69, 9.17) is 9.47 Å². The molecule has 0 heterocycles. The Bertz CT molecular complexity index is 1050. The van der Waals surface area contributed by atoms with Crippen molar-refractivity contribution >= 4 is 23.5 Å².